The van der Waals surface area contributed by atoms with Crippen LogP contribution in [0.4, 0.5) is 16.3 Å². The molecule has 9 nitrogen and oxygen atoms in total. The van der Waals surface area contributed by atoms with Crippen LogP contribution in [0.1, 0.15) is 53.4 Å². The Hall–Kier alpha value is -3.75. The first kappa shape index (κ1) is 29.2. The van der Waals surface area contributed by atoms with Gasteiger partial charge in [-0.25, -0.2) is 14.8 Å². The summed E-state index contributed by atoms with van der Waals surface area (Å²) in [6.07, 6.45) is 6.34. The molecule has 3 aromatic rings. The summed E-state index contributed by atoms with van der Waals surface area (Å²) < 4.78 is 17.4. The van der Waals surface area contributed by atoms with Crippen LogP contribution in [-0.2, 0) is 0 Å². The molecule has 2 heterocycles. The van der Waals surface area contributed by atoms with E-state index in [1.165, 1.54) is 12.8 Å². The maximum atomic E-state index is 12.9. The number of hydrogen-bond acceptors (Lipinski definition) is 7. The molecule has 1 aliphatic heterocycles. The standard InChI is InChI=1S/C31H43N5O4/c1-22(2)9-7-6-8-18-39-29-20-27-26(19-28(29)38-5)30(33-21-32-27)35-14-16-36(17-15-35)31(37)34-24-10-12-25(13-11-24)40-23(3)4/h10-13,19-23H,6-9,14-18H2,1-5H3,(H,34,37). The molecular weight excluding hydrogens is 506 g/mol. The summed E-state index contributed by atoms with van der Waals surface area (Å²) in [6, 6.07) is 11.2. The number of anilines is 2. The number of benzene rings is 2. The molecule has 0 unspecified atom stereocenters. The molecule has 216 valence electrons. The van der Waals surface area contributed by atoms with Crippen molar-refractivity contribution >= 4 is 28.4 Å². The number of nitrogens with zero attached hydrogens (tertiary/aromatic N) is 4. The summed E-state index contributed by atoms with van der Waals surface area (Å²) in [5.41, 5.74) is 1.55. The summed E-state index contributed by atoms with van der Waals surface area (Å²) >= 11 is 0. The summed E-state index contributed by atoms with van der Waals surface area (Å²) in [5, 5.41) is 3.89. The number of aromatic nitrogens is 2. The quantitative estimate of drug-likeness (QED) is 0.262. The van der Waals surface area contributed by atoms with E-state index < -0.39 is 0 Å². The topological polar surface area (TPSA) is 89.1 Å². The number of rotatable bonds is 12. The molecule has 0 atom stereocenters. The molecule has 0 saturated carbocycles. The predicted octanol–water partition coefficient (Wildman–Crippen LogP) is 6.37. The number of nitrogens with one attached hydrogen (secondary N) is 1. The Balaban J connectivity index is 1.35. The van der Waals surface area contributed by atoms with E-state index in [0.29, 0.717) is 44.3 Å². The molecule has 1 saturated heterocycles. The number of carbonyl (C=O) groups excluding carboxylic acids is 1. The Morgan fingerprint density at radius 1 is 0.950 bits per heavy atom. The molecule has 0 bridgehead atoms. The summed E-state index contributed by atoms with van der Waals surface area (Å²) in [4.78, 5) is 26.0. The molecule has 2 amide bonds. The van der Waals surface area contributed by atoms with Crippen LogP contribution in [0.3, 0.4) is 0 Å². The Bertz CT molecular complexity index is 1240. The molecule has 1 fully saturated rings. The zero-order valence-corrected chi connectivity index (χ0v) is 24.5. The summed E-state index contributed by atoms with van der Waals surface area (Å²) in [7, 11) is 1.66. The first-order chi connectivity index (χ1) is 19.3. The monoisotopic (exact) mass is 549 g/mol. The van der Waals surface area contributed by atoms with Crippen molar-refractivity contribution in [3.05, 3.63) is 42.7 Å². The van der Waals surface area contributed by atoms with Crippen molar-refractivity contribution in [3.8, 4) is 17.2 Å². The number of hydrogen-bond donors (Lipinski definition) is 1. The zero-order chi connectivity index (χ0) is 28.5. The van der Waals surface area contributed by atoms with E-state index in [1.807, 2.05) is 55.1 Å². The van der Waals surface area contributed by atoms with Gasteiger partial charge in [-0.1, -0.05) is 33.1 Å². The van der Waals surface area contributed by atoms with Gasteiger partial charge in [0.05, 0.1) is 25.3 Å². The molecule has 4 rings (SSSR count). The predicted molar refractivity (Wildman–Crippen MR) is 160 cm³/mol. The number of piperazine rings is 1. The number of amides is 2. The van der Waals surface area contributed by atoms with Crippen LogP contribution in [0.25, 0.3) is 10.9 Å². The number of unbranched alkanes of at least 4 members (excludes halogenated alkanes) is 2. The second-order valence-corrected chi connectivity index (χ2v) is 10.9. The third kappa shape index (κ3) is 7.90. The molecule has 1 aromatic heterocycles. The minimum Gasteiger partial charge on any atom is -0.493 e. The van der Waals surface area contributed by atoms with Crippen LogP contribution in [0.15, 0.2) is 42.7 Å². The van der Waals surface area contributed by atoms with Crippen molar-refractivity contribution < 1.29 is 19.0 Å². The van der Waals surface area contributed by atoms with E-state index in [-0.39, 0.29) is 12.1 Å². The van der Waals surface area contributed by atoms with Crippen LogP contribution < -0.4 is 24.4 Å². The average Bonchev–Trinajstić information content (AvgIpc) is 2.94. The summed E-state index contributed by atoms with van der Waals surface area (Å²) in [6.45, 7) is 11.6. The smallest absolute Gasteiger partial charge is 0.321 e. The fourth-order valence-electron chi connectivity index (χ4n) is 4.80. The van der Waals surface area contributed by atoms with E-state index in [1.54, 1.807) is 13.4 Å². The fraction of sp³-hybridized carbons (Fsp3) is 0.516. The Morgan fingerprint density at radius 2 is 1.70 bits per heavy atom. The second-order valence-electron chi connectivity index (χ2n) is 10.9. The van der Waals surface area contributed by atoms with Crippen LogP contribution in [-0.4, -0.2) is 66.9 Å². The first-order valence-corrected chi connectivity index (χ1v) is 14.4. The molecule has 0 aliphatic carbocycles. The van der Waals surface area contributed by atoms with Gasteiger partial charge >= 0.3 is 6.03 Å². The maximum absolute atomic E-state index is 12.9. The molecule has 0 radical (unpaired) electrons. The molecule has 1 aliphatic rings. The van der Waals surface area contributed by atoms with Gasteiger partial charge in [0, 0.05) is 43.3 Å². The van der Waals surface area contributed by atoms with E-state index in [9.17, 15) is 4.79 Å². The second kappa shape index (κ2) is 14.1. The fourth-order valence-corrected chi connectivity index (χ4v) is 4.80. The van der Waals surface area contributed by atoms with Crippen molar-refractivity contribution in [2.24, 2.45) is 5.92 Å². The van der Waals surface area contributed by atoms with Gasteiger partial charge in [0.25, 0.3) is 0 Å². The van der Waals surface area contributed by atoms with E-state index in [2.05, 4.69) is 34.0 Å². The van der Waals surface area contributed by atoms with Gasteiger partial charge in [-0.05, 0) is 56.5 Å². The van der Waals surface area contributed by atoms with E-state index in [4.69, 9.17) is 14.2 Å². The lowest BCUT2D eigenvalue weighted by Gasteiger charge is -2.35. The minimum absolute atomic E-state index is 0.106. The molecule has 2 aromatic carbocycles. The molecule has 1 N–H and O–H groups in total. The van der Waals surface area contributed by atoms with Crippen LogP contribution in [0.2, 0.25) is 0 Å². The first-order valence-electron chi connectivity index (χ1n) is 14.4. The Labute approximate surface area is 237 Å². The third-order valence-electron chi connectivity index (χ3n) is 6.93. The highest BCUT2D eigenvalue weighted by atomic mass is 16.5. The number of carbonyl (C=O) groups is 1. The van der Waals surface area contributed by atoms with Crippen molar-refractivity contribution in [2.75, 3.05) is 50.1 Å². The Kier molecular flexibility index (Phi) is 10.3. The zero-order valence-electron chi connectivity index (χ0n) is 24.5. The van der Waals surface area contributed by atoms with Crippen molar-refractivity contribution in [2.45, 2.75) is 59.5 Å². The highest BCUT2D eigenvalue weighted by Crippen LogP contribution is 2.35. The van der Waals surface area contributed by atoms with Gasteiger partial charge in [-0.15, -0.1) is 0 Å². The van der Waals surface area contributed by atoms with Gasteiger partial charge in [-0.2, -0.15) is 0 Å². The van der Waals surface area contributed by atoms with Gasteiger partial charge in [0.1, 0.15) is 17.9 Å². The largest absolute Gasteiger partial charge is 0.493 e. The van der Waals surface area contributed by atoms with Gasteiger partial charge < -0.3 is 29.3 Å². The molecular formula is C31H43N5O4. The van der Waals surface area contributed by atoms with Gasteiger partial charge in [0.2, 0.25) is 0 Å². The van der Waals surface area contributed by atoms with Crippen molar-refractivity contribution in [3.63, 3.8) is 0 Å². The normalized spacial score (nSPS) is 13.7. The number of fused-ring (bicyclic) bond motifs is 1. The number of ether oxygens (including phenoxy) is 3. The maximum Gasteiger partial charge on any atom is 0.321 e. The van der Waals surface area contributed by atoms with Crippen LogP contribution in [0.5, 0.6) is 17.2 Å². The van der Waals surface area contributed by atoms with Crippen molar-refractivity contribution in [1.29, 1.82) is 0 Å². The SMILES string of the molecule is COc1cc2c(N3CCN(C(=O)Nc4ccc(OC(C)C)cc4)CC3)ncnc2cc1OCCCCCC(C)C. The lowest BCUT2D eigenvalue weighted by atomic mass is 10.1. The van der Waals surface area contributed by atoms with Crippen LogP contribution >= 0.6 is 0 Å². The third-order valence-corrected chi connectivity index (χ3v) is 6.93. The van der Waals surface area contributed by atoms with E-state index in [0.717, 1.165) is 46.9 Å². The molecule has 40 heavy (non-hydrogen) atoms. The number of urea groups is 1. The lowest BCUT2D eigenvalue weighted by Crippen LogP contribution is -2.50. The lowest BCUT2D eigenvalue weighted by molar-refractivity contribution is 0.208. The molecule has 0 spiro atoms. The van der Waals surface area contributed by atoms with Gasteiger partial charge in [0.15, 0.2) is 11.5 Å². The van der Waals surface area contributed by atoms with Gasteiger partial charge in [-0.3, -0.25) is 0 Å². The molecule has 9 heteroatoms. The highest BCUT2D eigenvalue weighted by molar-refractivity contribution is 5.92. The minimum atomic E-state index is -0.114. The Morgan fingerprint density at radius 3 is 2.38 bits per heavy atom. The highest BCUT2D eigenvalue weighted by Gasteiger charge is 2.24. The van der Waals surface area contributed by atoms with E-state index >= 15 is 0 Å². The average molecular weight is 550 g/mol. The number of methoxy groups -OCH3 is 1. The van der Waals surface area contributed by atoms with Crippen LogP contribution in [0, 0.1) is 5.92 Å². The summed E-state index contributed by atoms with van der Waals surface area (Å²) in [5.74, 6) is 3.74. The van der Waals surface area contributed by atoms with Crippen molar-refractivity contribution in [1.82, 2.24) is 14.9 Å².